The Bertz CT molecular complexity index is 2450. The van der Waals surface area contributed by atoms with E-state index < -0.39 is 35.6 Å². The number of hydrogen-bond acceptors (Lipinski definition) is 12. The zero-order chi connectivity index (χ0) is 41.5. The Morgan fingerprint density at radius 1 is 0.898 bits per heavy atom. The topological polar surface area (TPSA) is 199 Å². The summed E-state index contributed by atoms with van der Waals surface area (Å²) in [5.41, 5.74) is 2.60. The third-order valence-corrected chi connectivity index (χ3v) is 11.6. The van der Waals surface area contributed by atoms with Crippen molar-refractivity contribution < 1.29 is 43.0 Å². The van der Waals surface area contributed by atoms with Crippen LogP contribution in [0.25, 0.3) is 21.9 Å². The highest BCUT2D eigenvalue weighted by Crippen LogP contribution is 2.41. The fraction of sp³-hybridized carbons (Fsp3) is 0.381. The second-order valence-electron chi connectivity index (χ2n) is 15.2. The monoisotopic (exact) mass is 805 g/mol. The molecule has 1 saturated carbocycles. The number of amides is 6. The van der Waals surface area contributed by atoms with Crippen LogP contribution in [0.15, 0.2) is 59.8 Å². The molecule has 2 N–H and O–H groups in total. The average molecular weight is 806 g/mol. The van der Waals surface area contributed by atoms with Gasteiger partial charge in [0.25, 0.3) is 23.3 Å². The van der Waals surface area contributed by atoms with Gasteiger partial charge in [-0.05, 0) is 66.1 Å². The highest BCUT2D eigenvalue weighted by molar-refractivity contribution is 6.23. The van der Waals surface area contributed by atoms with Crippen LogP contribution in [0.1, 0.15) is 45.5 Å². The molecule has 5 heterocycles. The van der Waals surface area contributed by atoms with Crippen molar-refractivity contribution in [2.75, 3.05) is 53.6 Å². The molecule has 2 saturated heterocycles. The minimum Gasteiger partial charge on any atom is -0.496 e. The Morgan fingerprint density at radius 2 is 1.63 bits per heavy atom. The van der Waals surface area contributed by atoms with E-state index in [1.165, 1.54) is 18.2 Å². The molecule has 4 aliphatic rings. The van der Waals surface area contributed by atoms with Crippen molar-refractivity contribution in [2.24, 2.45) is 18.9 Å². The van der Waals surface area contributed by atoms with Gasteiger partial charge in [0, 0.05) is 82.8 Å². The van der Waals surface area contributed by atoms with Crippen LogP contribution in [0.3, 0.4) is 0 Å². The van der Waals surface area contributed by atoms with Crippen LogP contribution in [0.2, 0.25) is 0 Å². The summed E-state index contributed by atoms with van der Waals surface area (Å²) in [6, 6.07) is 8.90. The first-order chi connectivity index (χ1) is 28.4. The maximum absolute atomic E-state index is 13.4. The number of piperazine rings is 1. The summed E-state index contributed by atoms with van der Waals surface area (Å²) in [4.78, 5) is 97.9. The van der Waals surface area contributed by atoms with Gasteiger partial charge in [0.2, 0.25) is 17.7 Å². The number of carbonyl (C=O) groups is 6. The van der Waals surface area contributed by atoms with Crippen LogP contribution < -0.4 is 30.4 Å². The summed E-state index contributed by atoms with van der Waals surface area (Å²) < 4.78 is 18.9. The molecular formula is C42H43N7O10. The minimum atomic E-state index is -1.08. The van der Waals surface area contributed by atoms with Crippen molar-refractivity contribution in [1.29, 1.82) is 0 Å². The average Bonchev–Trinajstić information content (AvgIpc) is 3.99. The van der Waals surface area contributed by atoms with Crippen LogP contribution >= 0.6 is 0 Å². The number of pyridine rings is 2. The molecule has 17 nitrogen and oxygen atoms in total. The van der Waals surface area contributed by atoms with E-state index in [0.29, 0.717) is 62.6 Å². The van der Waals surface area contributed by atoms with Crippen LogP contribution in [0, 0.1) is 11.8 Å². The van der Waals surface area contributed by atoms with E-state index in [-0.39, 0.29) is 59.6 Å². The lowest BCUT2D eigenvalue weighted by atomic mass is 9.99. The van der Waals surface area contributed by atoms with E-state index >= 15 is 0 Å². The zero-order valence-electron chi connectivity index (χ0n) is 32.8. The number of hydrogen-bond donors (Lipinski definition) is 2. The first kappa shape index (κ1) is 39.2. The molecule has 3 unspecified atom stereocenters. The summed E-state index contributed by atoms with van der Waals surface area (Å²) in [6.07, 6.45) is 5.78. The fourth-order valence-electron chi connectivity index (χ4n) is 8.18. The van der Waals surface area contributed by atoms with Gasteiger partial charge in [0.15, 0.2) is 6.61 Å². The number of nitrogens with zero attached hydrogens (tertiary/aromatic N) is 5. The molecule has 6 amide bonds. The van der Waals surface area contributed by atoms with E-state index in [1.807, 2.05) is 23.1 Å². The van der Waals surface area contributed by atoms with Crippen LogP contribution in [0.4, 0.5) is 0 Å². The molecule has 0 radical (unpaired) electrons. The van der Waals surface area contributed by atoms with Crippen molar-refractivity contribution in [1.82, 2.24) is 34.9 Å². The van der Waals surface area contributed by atoms with Crippen LogP contribution in [-0.4, -0.2) is 119 Å². The number of nitrogens with one attached hydrogen (secondary N) is 2. The first-order valence-corrected chi connectivity index (χ1v) is 19.4. The van der Waals surface area contributed by atoms with Crippen LogP contribution in [0.5, 0.6) is 17.2 Å². The Hall–Kier alpha value is -6.62. The molecule has 3 fully saturated rings. The van der Waals surface area contributed by atoms with E-state index in [2.05, 4.69) is 20.5 Å². The molecular weight excluding hydrogens is 763 g/mol. The molecule has 59 heavy (non-hydrogen) atoms. The second kappa shape index (κ2) is 16.0. The van der Waals surface area contributed by atoms with E-state index in [0.717, 1.165) is 27.0 Å². The predicted octanol–water partition coefficient (Wildman–Crippen LogP) is 1.49. The van der Waals surface area contributed by atoms with Gasteiger partial charge in [-0.1, -0.05) is 0 Å². The summed E-state index contributed by atoms with van der Waals surface area (Å²) >= 11 is 0. The Labute approximate surface area is 338 Å². The molecule has 306 valence electrons. The maximum Gasteiger partial charge on any atom is 0.262 e. The molecule has 1 aliphatic carbocycles. The molecule has 2 aromatic carbocycles. The number of ether oxygens (including phenoxy) is 3. The minimum absolute atomic E-state index is 0.0128. The van der Waals surface area contributed by atoms with Gasteiger partial charge in [0.05, 0.1) is 36.3 Å². The van der Waals surface area contributed by atoms with Gasteiger partial charge in [-0.15, -0.1) is 0 Å². The van der Waals surface area contributed by atoms with E-state index in [4.69, 9.17) is 14.2 Å². The number of fused-ring (bicyclic) bond motifs is 2. The largest absolute Gasteiger partial charge is 0.496 e. The number of aromatic nitrogens is 2. The van der Waals surface area contributed by atoms with Gasteiger partial charge in [0.1, 0.15) is 23.3 Å². The fourth-order valence-corrected chi connectivity index (χ4v) is 8.18. The lowest BCUT2D eigenvalue weighted by Gasteiger charge is -2.35. The lowest BCUT2D eigenvalue weighted by molar-refractivity contribution is -0.136. The Kier molecular flexibility index (Phi) is 10.6. The quantitative estimate of drug-likeness (QED) is 0.196. The van der Waals surface area contributed by atoms with Gasteiger partial charge in [-0.25, -0.2) is 0 Å². The second-order valence-corrected chi connectivity index (χ2v) is 15.2. The molecule has 2 aromatic heterocycles. The molecule has 4 aromatic rings. The SMILES string of the molecule is COc1cc(-c2cn(C)c(=O)c3cnccc23)cc(OC)c1CN1CCN(C(=O)C2CC2CNC(=O)COc2ccc3c(c2)C(=O)N(C2CCC(=O)NC2=O)C3=O)CC1. The number of carbonyl (C=O) groups excluding carboxylic acids is 6. The Balaban J connectivity index is 0.807. The number of aryl methyl sites for hydroxylation is 1. The highest BCUT2D eigenvalue weighted by Gasteiger charge is 2.46. The highest BCUT2D eigenvalue weighted by atomic mass is 16.5. The molecule has 0 bridgehead atoms. The molecule has 3 atom stereocenters. The number of imide groups is 2. The number of piperidine rings is 1. The Morgan fingerprint density at radius 3 is 2.34 bits per heavy atom. The van der Waals surface area contributed by atoms with Gasteiger partial charge in [-0.3, -0.25) is 53.7 Å². The summed E-state index contributed by atoms with van der Waals surface area (Å²) in [5.74, 6) is -1.43. The van der Waals surface area contributed by atoms with Crippen molar-refractivity contribution >= 4 is 46.2 Å². The zero-order valence-corrected chi connectivity index (χ0v) is 32.8. The predicted molar refractivity (Wildman–Crippen MR) is 211 cm³/mol. The summed E-state index contributed by atoms with van der Waals surface area (Å²) in [5, 5.41) is 6.29. The smallest absolute Gasteiger partial charge is 0.262 e. The third kappa shape index (κ3) is 7.60. The molecule has 0 spiro atoms. The van der Waals surface area contributed by atoms with Crippen molar-refractivity contribution in [3.63, 3.8) is 0 Å². The summed E-state index contributed by atoms with van der Waals surface area (Å²) in [6.45, 7) is 2.95. The van der Waals surface area contributed by atoms with Gasteiger partial charge < -0.3 is 29.0 Å². The lowest BCUT2D eigenvalue weighted by Crippen LogP contribution is -2.54. The van der Waals surface area contributed by atoms with Crippen molar-refractivity contribution in [2.45, 2.75) is 31.8 Å². The van der Waals surface area contributed by atoms with Gasteiger partial charge >= 0.3 is 0 Å². The van der Waals surface area contributed by atoms with E-state index in [9.17, 15) is 33.6 Å². The molecule has 8 rings (SSSR count). The molecule has 3 aliphatic heterocycles. The van der Waals surface area contributed by atoms with Crippen LogP contribution in [-0.2, 0) is 32.8 Å². The summed E-state index contributed by atoms with van der Waals surface area (Å²) in [7, 11) is 4.94. The van der Waals surface area contributed by atoms with Crippen molar-refractivity contribution in [3.8, 4) is 28.4 Å². The standard InChI is InChI=1S/C42H43N7O10/c1-46-20-31(26-8-9-43-19-30(26)39(46)53)23-15-34(57-2)32(35(16-23)58-3)21-47-10-12-48(13-11-47)40(54)28-14-24(28)18-44-37(51)22-59-25-4-5-27-29(17-25)42(56)49(41(27)55)33-6-7-36(50)45-38(33)52/h4-5,8-9,15-17,19-20,24,28,33H,6-7,10-14,18,21-22H2,1-3H3,(H,44,51)(H,45,50,52). The normalized spacial score (nSPS) is 20.4. The number of benzene rings is 2. The van der Waals surface area contributed by atoms with Gasteiger partial charge in [-0.2, -0.15) is 0 Å². The first-order valence-electron chi connectivity index (χ1n) is 19.4. The number of rotatable bonds is 12. The molecule has 17 heteroatoms. The number of methoxy groups -OCH3 is 2. The van der Waals surface area contributed by atoms with Crippen molar-refractivity contribution in [3.05, 3.63) is 82.0 Å². The maximum atomic E-state index is 13.4. The third-order valence-electron chi connectivity index (χ3n) is 11.6. The van der Waals surface area contributed by atoms with E-state index in [1.54, 1.807) is 44.4 Å².